The van der Waals surface area contributed by atoms with Gasteiger partial charge in [0, 0.05) is 22.4 Å². The first-order chi connectivity index (χ1) is 2.00. The van der Waals surface area contributed by atoms with Crippen LogP contribution in [0.25, 0.3) is 0 Å². The predicted molar refractivity (Wildman–Crippen MR) is 32.2 cm³/mol. The largest absolute Gasteiger partial charge is 2.00 e. The second-order valence-electron chi connectivity index (χ2n) is 0.513. The monoisotopic (exact) mass is 247 g/mol. The molecule has 0 aliphatic rings. The second kappa shape index (κ2) is 9.15. The molecule has 0 saturated carbocycles. The summed E-state index contributed by atoms with van der Waals surface area (Å²) in [4.78, 5) is 21.6. The Morgan fingerprint density at radius 2 is 1.25 bits per heavy atom. The Hall–Kier alpha value is 2.15. The van der Waals surface area contributed by atoms with Crippen molar-refractivity contribution in [3.05, 3.63) is 0 Å². The molecule has 0 spiro atoms. The van der Waals surface area contributed by atoms with E-state index in [4.69, 9.17) is 19.2 Å². The van der Waals surface area contributed by atoms with Crippen LogP contribution in [0.4, 0.5) is 0 Å². The van der Waals surface area contributed by atoms with Crippen LogP contribution in [0.2, 0.25) is 0 Å². The van der Waals surface area contributed by atoms with Crippen LogP contribution in [0.3, 0.4) is 0 Å². The van der Waals surface area contributed by atoms with E-state index in [1.807, 2.05) is 0 Å². The van der Waals surface area contributed by atoms with Crippen molar-refractivity contribution in [3.63, 3.8) is 0 Å². The molecule has 0 unspecified atom stereocenters. The third-order valence-electron chi connectivity index (χ3n) is 0. The smallest absolute Gasteiger partial charge is 1.00 e. The SMILES string of the molecule is O=P(O)(O)O.[AlH3].[H-].[H-].[Mg+2].[Nb]. The summed E-state index contributed by atoms with van der Waals surface area (Å²) < 4.78 is 8.88. The Balaban J connectivity index is -0.00000000800. The molecule has 1 radical (unpaired) electrons. The summed E-state index contributed by atoms with van der Waals surface area (Å²) in [6.07, 6.45) is 0. The zero-order chi connectivity index (χ0) is 4.50. The quantitative estimate of drug-likeness (QED) is 0.333. The molecule has 8 heteroatoms. The van der Waals surface area contributed by atoms with Crippen molar-refractivity contribution in [1.29, 1.82) is 0 Å². The van der Waals surface area contributed by atoms with Crippen LogP contribution in [0.5, 0.6) is 0 Å². The molecule has 3 N–H and O–H groups in total. The fourth-order valence-corrected chi connectivity index (χ4v) is 0. The van der Waals surface area contributed by atoms with Crippen LogP contribution in [0, 0.1) is 0 Å². The molecule has 0 aliphatic heterocycles. The first-order valence-electron chi connectivity index (χ1n) is 0.783. The van der Waals surface area contributed by atoms with E-state index in [1.54, 1.807) is 0 Å². The van der Waals surface area contributed by atoms with Gasteiger partial charge in [-0.2, -0.15) is 0 Å². The van der Waals surface area contributed by atoms with Crippen molar-refractivity contribution in [1.82, 2.24) is 0 Å². The fraction of sp³-hybridized carbons (Fsp3) is 0. The first-order valence-corrected chi connectivity index (χ1v) is 2.35. The normalized spacial score (nSPS) is 7.38. The van der Waals surface area contributed by atoms with Crippen molar-refractivity contribution in [3.8, 4) is 0 Å². The summed E-state index contributed by atoms with van der Waals surface area (Å²) in [6.45, 7) is 0. The molecule has 0 aromatic carbocycles. The fourth-order valence-electron chi connectivity index (χ4n) is 0. The summed E-state index contributed by atoms with van der Waals surface area (Å²) in [5.74, 6) is 0. The number of rotatable bonds is 0. The minimum Gasteiger partial charge on any atom is -1.00 e. The van der Waals surface area contributed by atoms with Gasteiger partial charge in [-0.3, -0.25) is 0 Å². The minimum atomic E-state index is -4.64. The number of hydrogen-bond donors (Lipinski definition) is 3. The first kappa shape index (κ1) is 22.5. The average Bonchev–Trinajstić information content (AvgIpc) is 0.722. The van der Waals surface area contributed by atoms with E-state index in [0.29, 0.717) is 0 Å². The Morgan fingerprint density at radius 3 is 1.25 bits per heavy atom. The molecule has 0 atom stereocenters. The molecule has 0 amide bonds. The van der Waals surface area contributed by atoms with Crippen molar-refractivity contribution < 1.29 is 44.5 Å². The molecule has 0 bridgehead atoms. The molecule has 4 nitrogen and oxygen atoms in total. The summed E-state index contributed by atoms with van der Waals surface area (Å²) in [7, 11) is -4.64. The molecule has 0 aromatic rings. The summed E-state index contributed by atoms with van der Waals surface area (Å²) >= 11 is 0. The van der Waals surface area contributed by atoms with Gasteiger partial charge in [-0.25, -0.2) is 4.57 Å². The van der Waals surface area contributed by atoms with Crippen molar-refractivity contribution >= 4 is 48.2 Å². The standard InChI is InChI=1S/Al.Mg.Nb.H3O4P.5H/c;;;1-5(2,3)4;;;;;/h;;;(H3,1,2,3,4);;;;;/q;+2;;;;;;2*-1. The zero-order valence-electron chi connectivity index (χ0n) is 5.35. The van der Waals surface area contributed by atoms with E-state index in [-0.39, 0.29) is 65.6 Å². The summed E-state index contributed by atoms with van der Waals surface area (Å²) in [5, 5.41) is 0. The number of hydrogen-bond acceptors (Lipinski definition) is 1. The van der Waals surface area contributed by atoms with Gasteiger partial charge in [-0.1, -0.05) is 0 Å². The van der Waals surface area contributed by atoms with Crippen LogP contribution >= 0.6 is 7.82 Å². The van der Waals surface area contributed by atoms with E-state index in [2.05, 4.69) is 0 Å². The zero-order valence-corrected chi connectivity index (χ0v) is 7.86. The maximum Gasteiger partial charge on any atom is 2.00 e. The Bertz CT molecular complexity index is 69.4. The molecule has 8 heavy (non-hydrogen) atoms. The van der Waals surface area contributed by atoms with Gasteiger partial charge in [-0.05, 0) is 0 Å². The maximum atomic E-state index is 8.88. The van der Waals surface area contributed by atoms with E-state index >= 15 is 0 Å². The van der Waals surface area contributed by atoms with Crippen LogP contribution in [0.15, 0.2) is 0 Å². The van der Waals surface area contributed by atoms with Crippen molar-refractivity contribution in [2.45, 2.75) is 0 Å². The Kier molecular flexibility index (Phi) is 25.7. The van der Waals surface area contributed by atoms with E-state index in [9.17, 15) is 0 Å². The van der Waals surface area contributed by atoms with Crippen LogP contribution in [-0.4, -0.2) is 55.1 Å². The van der Waals surface area contributed by atoms with Gasteiger partial charge < -0.3 is 17.5 Å². The third-order valence-corrected chi connectivity index (χ3v) is 0. The van der Waals surface area contributed by atoms with Crippen LogP contribution in [-0.2, 0) is 26.9 Å². The van der Waals surface area contributed by atoms with Gasteiger partial charge in [0.1, 0.15) is 0 Å². The van der Waals surface area contributed by atoms with Gasteiger partial charge in [0.2, 0.25) is 0 Å². The van der Waals surface area contributed by atoms with Gasteiger partial charge >= 0.3 is 30.9 Å². The molecule has 0 rings (SSSR count). The Labute approximate surface area is 92.1 Å². The molecule has 0 saturated heterocycles. The average molecular weight is 247 g/mol. The Morgan fingerprint density at radius 1 is 1.25 bits per heavy atom. The van der Waals surface area contributed by atoms with Gasteiger partial charge in [0.05, 0.1) is 0 Å². The molecule has 0 fully saturated rings. The topological polar surface area (TPSA) is 77.8 Å². The van der Waals surface area contributed by atoms with Crippen molar-refractivity contribution in [2.24, 2.45) is 0 Å². The molecular formula is H8AlMgNbO4P. The summed E-state index contributed by atoms with van der Waals surface area (Å²) in [6, 6.07) is 0. The van der Waals surface area contributed by atoms with Gasteiger partial charge in [0.15, 0.2) is 17.4 Å². The van der Waals surface area contributed by atoms with E-state index < -0.39 is 7.82 Å². The van der Waals surface area contributed by atoms with Crippen LogP contribution < -0.4 is 0 Å². The molecule has 0 heterocycles. The number of phosphoric acid groups is 1. The molecule has 0 aromatic heterocycles. The minimum absolute atomic E-state index is 0. The van der Waals surface area contributed by atoms with E-state index in [1.165, 1.54) is 0 Å². The predicted octanol–water partition coefficient (Wildman–Crippen LogP) is -2.27. The summed E-state index contributed by atoms with van der Waals surface area (Å²) in [5.41, 5.74) is 0. The third kappa shape index (κ3) is 90.2. The molecule has 47 valence electrons. The maximum absolute atomic E-state index is 8.88. The van der Waals surface area contributed by atoms with E-state index in [0.717, 1.165) is 0 Å². The second-order valence-corrected chi connectivity index (χ2v) is 1.54. The van der Waals surface area contributed by atoms with Gasteiger partial charge in [-0.15, -0.1) is 0 Å². The van der Waals surface area contributed by atoms with Gasteiger partial charge in [0.25, 0.3) is 0 Å². The molecule has 0 aliphatic carbocycles. The molecular weight excluding hydrogens is 239 g/mol. The van der Waals surface area contributed by atoms with Crippen molar-refractivity contribution in [2.75, 3.05) is 0 Å². The van der Waals surface area contributed by atoms with Crippen LogP contribution in [0.1, 0.15) is 2.85 Å².